The number of amides is 1. The van der Waals surface area contributed by atoms with E-state index in [4.69, 9.17) is 0 Å². The fourth-order valence-electron chi connectivity index (χ4n) is 3.68. The number of likely N-dealkylation sites (tertiary alicyclic amines) is 1. The lowest BCUT2D eigenvalue weighted by Crippen LogP contribution is -2.49. The number of rotatable bonds is 2. The van der Waals surface area contributed by atoms with Crippen molar-refractivity contribution in [3.8, 4) is 0 Å². The van der Waals surface area contributed by atoms with Gasteiger partial charge in [-0.2, -0.15) is 0 Å². The van der Waals surface area contributed by atoms with Crippen molar-refractivity contribution in [1.29, 1.82) is 0 Å². The molecule has 0 unspecified atom stereocenters. The molecule has 2 atom stereocenters. The Morgan fingerprint density at radius 2 is 2.25 bits per heavy atom. The fraction of sp³-hybridized carbons (Fsp3) is 0.438. The monoisotopic (exact) mass is 334 g/mol. The van der Waals surface area contributed by atoms with E-state index in [9.17, 15) is 4.79 Å². The van der Waals surface area contributed by atoms with Gasteiger partial charge in [0.25, 0.3) is 0 Å². The van der Waals surface area contributed by atoms with Crippen molar-refractivity contribution in [3.63, 3.8) is 0 Å². The number of hydrogen-bond donors (Lipinski definition) is 1. The highest BCUT2D eigenvalue weighted by molar-refractivity contribution is 9.10. The molecule has 2 heterocycles. The molecule has 3 nitrogen and oxygen atoms in total. The van der Waals surface area contributed by atoms with E-state index in [-0.39, 0.29) is 22.9 Å². The van der Waals surface area contributed by atoms with E-state index < -0.39 is 0 Å². The summed E-state index contributed by atoms with van der Waals surface area (Å²) in [5.41, 5.74) is 1.90. The molecule has 0 aromatic heterocycles. The van der Waals surface area contributed by atoms with E-state index in [1.165, 1.54) is 5.56 Å². The molecule has 0 radical (unpaired) electrons. The molecule has 20 heavy (non-hydrogen) atoms. The first-order chi connectivity index (χ1) is 9.33. The van der Waals surface area contributed by atoms with Gasteiger partial charge in [0.2, 0.25) is 5.91 Å². The first-order valence-electron chi connectivity index (χ1n) is 6.79. The topological polar surface area (TPSA) is 32.3 Å². The Bertz CT molecular complexity index is 610. The van der Waals surface area contributed by atoms with Crippen molar-refractivity contribution in [2.75, 3.05) is 12.4 Å². The molecule has 1 amide bonds. The van der Waals surface area contributed by atoms with Crippen molar-refractivity contribution in [3.05, 3.63) is 40.9 Å². The maximum absolute atomic E-state index is 12.3. The summed E-state index contributed by atoms with van der Waals surface area (Å²) in [5.74, 6) is 0.186. The average Bonchev–Trinajstić information content (AvgIpc) is 2.84. The summed E-state index contributed by atoms with van der Waals surface area (Å²) < 4.78 is 1.05. The second kappa shape index (κ2) is 4.10. The molecule has 3 rings (SSSR count). The zero-order valence-corrected chi connectivity index (χ0v) is 13.6. The molecule has 2 aliphatic rings. The van der Waals surface area contributed by atoms with E-state index >= 15 is 0 Å². The van der Waals surface area contributed by atoms with Gasteiger partial charge in [-0.15, -0.1) is 6.58 Å². The van der Waals surface area contributed by atoms with E-state index in [2.05, 4.69) is 53.8 Å². The van der Waals surface area contributed by atoms with Crippen LogP contribution in [-0.4, -0.2) is 24.0 Å². The van der Waals surface area contributed by atoms with Gasteiger partial charge in [-0.05, 0) is 23.1 Å². The van der Waals surface area contributed by atoms with Gasteiger partial charge in [0.15, 0.2) is 0 Å². The number of fused-ring (bicyclic) bond motifs is 3. The summed E-state index contributed by atoms with van der Waals surface area (Å²) in [5, 5.41) is 3.53. The summed E-state index contributed by atoms with van der Waals surface area (Å²) in [6.45, 7) is 8.34. The number of allylic oxidation sites excluding steroid dienone is 1. The lowest BCUT2D eigenvalue weighted by molar-refractivity contribution is -0.127. The SMILES string of the molecule is C=CC(C)(C)[C@@]12CC(=O)N(C)[C@@H]1Nc1cc(Br)ccc12. The molecule has 4 heteroatoms. The molecule has 0 bridgehead atoms. The molecule has 1 saturated heterocycles. The van der Waals surface area contributed by atoms with Crippen molar-refractivity contribution in [2.45, 2.75) is 31.8 Å². The molecule has 1 fully saturated rings. The van der Waals surface area contributed by atoms with Crippen molar-refractivity contribution in [1.82, 2.24) is 4.90 Å². The molecular weight excluding hydrogens is 316 g/mol. The number of carbonyl (C=O) groups is 1. The van der Waals surface area contributed by atoms with Crippen LogP contribution in [0.5, 0.6) is 0 Å². The number of benzene rings is 1. The van der Waals surface area contributed by atoms with Crippen molar-refractivity contribution in [2.24, 2.45) is 5.41 Å². The molecule has 0 aliphatic carbocycles. The molecule has 106 valence electrons. The minimum Gasteiger partial charge on any atom is -0.364 e. The number of anilines is 1. The van der Waals surface area contributed by atoms with E-state index in [0.717, 1.165) is 10.2 Å². The Balaban J connectivity index is 2.26. The van der Waals surface area contributed by atoms with Crippen LogP contribution < -0.4 is 5.32 Å². The summed E-state index contributed by atoms with van der Waals surface area (Å²) in [6, 6.07) is 6.27. The smallest absolute Gasteiger partial charge is 0.225 e. The summed E-state index contributed by atoms with van der Waals surface area (Å²) in [7, 11) is 1.88. The number of likely N-dealkylation sites (N-methyl/N-ethyl adjacent to an activating group) is 1. The van der Waals surface area contributed by atoms with Gasteiger partial charge < -0.3 is 10.2 Å². The van der Waals surface area contributed by atoms with Crippen LogP contribution in [0.1, 0.15) is 25.8 Å². The van der Waals surface area contributed by atoms with Gasteiger partial charge in [-0.1, -0.05) is 41.9 Å². The Kier molecular flexibility index (Phi) is 2.81. The van der Waals surface area contributed by atoms with Gasteiger partial charge in [0.1, 0.15) is 6.17 Å². The number of hydrogen-bond acceptors (Lipinski definition) is 2. The number of nitrogens with one attached hydrogen (secondary N) is 1. The minimum atomic E-state index is -0.253. The highest BCUT2D eigenvalue weighted by Crippen LogP contribution is 2.58. The van der Waals surface area contributed by atoms with Crippen LogP contribution in [0.25, 0.3) is 0 Å². The molecule has 2 aliphatic heterocycles. The third kappa shape index (κ3) is 1.48. The number of halogens is 1. The largest absolute Gasteiger partial charge is 0.364 e. The van der Waals surface area contributed by atoms with Gasteiger partial charge in [-0.3, -0.25) is 4.79 Å². The van der Waals surface area contributed by atoms with Gasteiger partial charge in [0.05, 0.1) is 5.41 Å². The second-order valence-electron chi connectivity index (χ2n) is 6.32. The van der Waals surface area contributed by atoms with E-state index in [0.29, 0.717) is 6.42 Å². The maximum Gasteiger partial charge on any atom is 0.225 e. The van der Waals surface area contributed by atoms with Crippen LogP contribution in [0.15, 0.2) is 35.3 Å². The first kappa shape index (κ1) is 13.7. The van der Waals surface area contributed by atoms with Gasteiger partial charge in [0, 0.05) is 23.6 Å². The third-order valence-corrected chi connectivity index (χ3v) is 5.59. The zero-order chi connectivity index (χ0) is 14.7. The molecule has 0 spiro atoms. The Morgan fingerprint density at radius 3 is 2.90 bits per heavy atom. The summed E-state index contributed by atoms with van der Waals surface area (Å²) in [6.07, 6.45) is 2.49. The van der Waals surface area contributed by atoms with Gasteiger partial charge in [-0.25, -0.2) is 0 Å². The van der Waals surface area contributed by atoms with E-state index in [1.54, 1.807) is 0 Å². The Hall–Kier alpha value is -1.29. The molecule has 1 aromatic rings. The first-order valence-corrected chi connectivity index (χ1v) is 7.58. The van der Waals surface area contributed by atoms with Crippen LogP contribution >= 0.6 is 15.9 Å². The lowest BCUT2D eigenvalue weighted by atomic mass is 9.60. The second-order valence-corrected chi connectivity index (χ2v) is 7.23. The quantitative estimate of drug-likeness (QED) is 0.839. The summed E-state index contributed by atoms with van der Waals surface area (Å²) >= 11 is 3.52. The van der Waals surface area contributed by atoms with Crippen LogP contribution in [0.3, 0.4) is 0 Å². The average molecular weight is 335 g/mol. The molecule has 1 aromatic carbocycles. The van der Waals surface area contributed by atoms with Crippen molar-refractivity contribution >= 4 is 27.5 Å². The molecular formula is C16H19BrN2O. The predicted octanol–water partition coefficient (Wildman–Crippen LogP) is 3.51. The van der Waals surface area contributed by atoms with Crippen LogP contribution in [0.4, 0.5) is 5.69 Å². The Morgan fingerprint density at radius 1 is 1.55 bits per heavy atom. The Labute approximate surface area is 128 Å². The third-order valence-electron chi connectivity index (χ3n) is 5.09. The number of nitrogens with zero attached hydrogens (tertiary/aromatic N) is 1. The summed E-state index contributed by atoms with van der Waals surface area (Å²) in [4.78, 5) is 14.1. The highest BCUT2D eigenvalue weighted by Gasteiger charge is 2.62. The van der Waals surface area contributed by atoms with Crippen LogP contribution in [0.2, 0.25) is 0 Å². The highest BCUT2D eigenvalue weighted by atomic mass is 79.9. The minimum absolute atomic E-state index is 0.00713. The predicted molar refractivity (Wildman–Crippen MR) is 84.6 cm³/mol. The normalized spacial score (nSPS) is 28.1. The lowest BCUT2D eigenvalue weighted by Gasteiger charge is -2.42. The molecule has 0 saturated carbocycles. The van der Waals surface area contributed by atoms with Gasteiger partial charge >= 0.3 is 0 Å². The van der Waals surface area contributed by atoms with Crippen molar-refractivity contribution < 1.29 is 4.79 Å². The fourth-order valence-corrected chi connectivity index (χ4v) is 4.04. The van der Waals surface area contributed by atoms with E-state index in [1.807, 2.05) is 24.1 Å². The maximum atomic E-state index is 12.3. The van der Waals surface area contributed by atoms with Crippen LogP contribution in [-0.2, 0) is 10.2 Å². The number of carbonyl (C=O) groups excluding carboxylic acids is 1. The molecule has 1 N–H and O–H groups in total. The zero-order valence-electron chi connectivity index (χ0n) is 12.0. The standard InChI is InChI=1S/C16H19BrN2O/c1-5-15(2,3)16-9-13(20)19(4)14(16)18-12-8-10(17)6-7-11(12)16/h5-8,14,18H,1,9H2,2-4H3/t14-,16+/m0/s1. The van der Waals surface area contributed by atoms with Crippen LogP contribution in [0, 0.1) is 5.41 Å².